The maximum atomic E-state index is 10.6. The summed E-state index contributed by atoms with van der Waals surface area (Å²) in [6.07, 6.45) is 2.57. The average molecular weight is 185 g/mol. The first-order chi connectivity index (χ1) is 6.24. The summed E-state index contributed by atoms with van der Waals surface area (Å²) in [6, 6.07) is 0. The van der Waals surface area contributed by atoms with Gasteiger partial charge in [-0.25, -0.2) is 0 Å². The Morgan fingerprint density at radius 1 is 1.62 bits per heavy atom. The van der Waals surface area contributed by atoms with Gasteiger partial charge in [-0.05, 0) is 31.8 Å². The molecule has 1 saturated heterocycles. The Bertz CT molecular complexity index is 193. The lowest BCUT2D eigenvalue weighted by Gasteiger charge is -2.27. The van der Waals surface area contributed by atoms with Crippen molar-refractivity contribution in [2.75, 3.05) is 13.1 Å². The number of nitrogens with one attached hydrogen (secondary N) is 1. The second-order valence-corrected chi connectivity index (χ2v) is 3.49. The summed E-state index contributed by atoms with van der Waals surface area (Å²) in [4.78, 5) is 21.0. The lowest BCUT2D eigenvalue weighted by Crippen LogP contribution is -2.37. The standard InChI is InChI=1S/C9H15NO3/c11-6-8-3-4-10-5-7(8)1-2-9(12)13/h6-8,10H,1-5H2,(H,12,13). The minimum absolute atomic E-state index is 0.0561. The Morgan fingerprint density at radius 3 is 3.00 bits per heavy atom. The molecule has 2 unspecified atom stereocenters. The number of hydrogen-bond donors (Lipinski definition) is 2. The van der Waals surface area contributed by atoms with Crippen molar-refractivity contribution in [2.45, 2.75) is 19.3 Å². The predicted octanol–water partition coefficient (Wildman–Crippen LogP) is 0.276. The highest BCUT2D eigenvalue weighted by Crippen LogP contribution is 2.21. The molecule has 0 aliphatic carbocycles. The van der Waals surface area contributed by atoms with Crippen molar-refractivity contribution in [3.05, 3.63) is 0 Å². The van der Waals surface area contributed by atoms with Gasteiger partial charge in [0.25, 0.3) is 0 Å². The monoisotopic (exact) mass is 185 g/mol. The van der Waals surface area contributed by atoms with E-state index in [2.05, 4.69) is 5.32 Å². The quantitative estimate of drug-likeness (QED) is 0.617. The van der Waals surface area contributed by atoms with Crippen molar-refractivity contribution in [1.29, 1.82) is 0 Å². The van der Waals surface area contributed by atoms with Gasteiger partial charge in [0.2, 0.25) is 0 Å². The van der Waals surface area contributed by atoms with Crippen molar-refractivity contribution in [3.8, 4) is 0 Å². The molecule has 1 fully saturated rings. The molecule has 74 valence electrons. The molecule has 0 saturated carbocycles. The molecule has 0 amide bonds. The number of carboxylic acids is 1. The SMILES string of the molecule is O=CC1CCNCC1CCC(=O)O. The van der Waals surface area contributed by atoms with Gasteiger partial charge in [0.15, 0.2) is 0 Å². The smallest absolute Gasteiger partial charge is 0.303 e. The van der Waals surface area contributed by atoms with E-state index in [0.29, 0.717) is 6.42 Å². The van der Waals surface area contributed by atoms with Crippen molar-refractivity contribution < 1.29 is 14.7 Å². The van der Waals surface area contributed by atoms with Crippen LogP contribution in [0.5, 0.6) is 0 Å². The molecular formula is C9H15NO3. The summed E-state index contributed by atoms with van der Waals surface area (Å²) in [5, 5.41) is 11.7. The lowest BCUT2D eigenvalue weighted by molar-refractivity contribution is -0.137. The second-order valence-electron chi connectivity index (χ2n) is 3.49. The van der Waals surface area contributed by atoms with Gasteiger partial charge in [-0.1, -0.05) is 0 Å². The molecule has 2 N–H and O–H groups in total. The van der Waals surface area contributed by atoms with E-state index in [1.165, 1.54) is 0 Å². The largest absolute Gasteiger partial charge is 0.481 e. The summed E-state index contributed by atoms with van der Waals surface area (Å²) in [5.74, 6) is -0.516. The molecule has 4 nitrogen and oxygen atoms in total. The molecule has 0 spiro atoms. The number of carbonyl (C=O) groups excluding carboxylic acids is 1. The highest BCUT2D eigenvalue weighted by molar-refractivity contribution is 5.66. The number of piperidine rings is 1. The minimum Gasteiger partial charge on any atom is -0.481 e. The fourth-order valence-electron chi connectivity index (χ4n) is 1.75. The summed E-state index contributed by atoms with van der Waals surface area (Å²) in [6.45, 7) is 1.64. The Kier molecular flexibility index (Phi) is 3.89. The minimum atomic E-state index is -0.782. The van der Waals surface area contributed by atoms with Crippen molar-refractivity contribution in [2.24, 2.45) is 11.8 Å². The normalized spacial score (nSPS) is 28.3. The highest BCUT2D eigenvalue weighted by atomic mass is 16.4. The van der Waals surface area contributed by atoms with Crippen LogP contribution in [0.2, 0.25) is 0 Å². The highest BCUT2D eigenvalue weighted by Gasteiger charge is 2.24. The van der Waals surface area contributed by atoms with E-state index in [9.17, 15) is 9.59 Å². The molecule has 0 aromatic carbocycles. The van der Waals surface area contributed by atoms with Gasteiger partial charge in [0, 0.05) is 12.3 Å². The van der Waals surface area contributed by atoms with Crippen LogP contribution >= 0.6 is 0 Å². The van der Waals surface area contributed by atoms with Crippen LogP contribution in [0.3, 0.4) is 0 Å². The molecule has 0 bridgehead atoms. The van der Waals surface area contributed by atoms with E-state index >= 15 is 0 Å². The third kappa shape index (κ3) is 3.14. The van der Waals surface area contributed by atoms with Gasteiger partial charge in [-0.2, -0.15) is 0 Å². The van der Waals surface area contributed by atoms with E-state index in [-0.39, 0.29) is 18.3 Å². The Hall–Kier alpha value is -0.900. The third-order valence-electron chi connectivity index (χ3n) is 2.57. The zero-order valence-electron chi connectivity index (χ0n) is 7.53. The molecule has 1 rings (SSSR count). The third-order valence-corrected chi connectivity index (χ3v) is 2.57. The second kappa shape index (κ2) is 4.97. The van der Waals surface area contributed by atoms with Crippen LogP contribution in [0, 0.1) is 11.8 Å². The van der Waals surface area contributed by atoms with Crippen molar-refractivity contribution >= 4 is 12.3 Å². The van der Waals surface area contributed by atoms with E-state index in [1.54, 1.807) is 0 Å². The first kappa shape index (κ1) is 10.2. The maximum absolute atomic E-state index is 10.6. The van der Waals surface area contributed by atoms with Gasteiger partial charge in [0.1, 0.15) is 6.29 Å². The van der Waals surface area contributed by atoms with Crippen LogP contribution in [0.4, 0.5) is 0 Å². The van der Waals surface area contributed by atoms with Gasteiger partial charge in [-0.15, -0.1) is 0 Å². The van der Waals surface area contributed by atoms with Gasteiger partial charge in [0.05, 0.1) is 0 Å². The average Bonchev–Trinajstić information content (AvgIpc) is 2.15. The summed E-state index contributed by atoms with van der Waals surface area (Å²) < 4.78 is 0. The molecular weight excluding hydrogens is 170 g/mol. The van der Waals surface area contributed by atoms with Crippen LogP contribution < -0.4 is 5.32 Å². The number of aliphatic carboxylic acids is 1. The van der Waals surface area contributed by atoms with Crippen molar-refractivity contribution in [3.63, 3.8) is 0 Å². The van der Waals surface area contributed by atoms with Crippen molar-refractivity contribution in [1.82, 2.24) is 5.32 Å². The lowest BCUT2D eigenvalue weighted by atomic mass is 9.84. The molecule has 1 aliphatic heterocycles. The van der Waals surface area contributed by atoms with E-state index < -0.39 is 5.97 Å². The molecule has 0 aromatic rings. The topological polar surface area (TPSA) is 66.4 Å². The molecule has 1 heterocycles. The van der Waals surface area contributed by atoms with E-state index in [1.807, 2.05) is 0 Å². The fraction of sp³-hybridized carbons (Fsp3) is 0.778. The molecule has 1 aliphatic rings. The Labute approximate surface area is 77.3 Å². The number of carboxylic acid groups (broad SMARTS) is 1. The van der Waals surface area contributed by atoms with Crippen LogP contribution in [-0.2, 0) is 9.59 Å². The Balaban J connectivity index is 2.35. The zero-order chi connectivity index (χ0) is 9.68. The zero-order valence-corrected chi connectivity index (χ0v) is 7.53. The number of rotatable bonds is 4. The molecule has 0 radical (unpaired) electrons. The number of carbonyl (C=O) groups is 2. The van der Waals surface area contributed by atoms with Crippen LogP contribution in [0.25, 0.3) is 0 Å². The number of aldehydes is 1. The molecule has 0 aromatic heterocycles. The molecule has 4 heteroatoms. The molecule has 2 atom stereocenters. The Morgan fingerprint density at radius 2 is 2.38 bits per heavy atom. The van der Waals surface area contributed by atoms with Crippen LogP contribution in [0.1, 0.15) is 19.3 Å². The van der Waals surface area contributed by atoms with E-state index in [4.69, 9.17) is 5.11 Å². The number of hydrogen-bond acceptors (Lipinski definition) is 3. The fourth-order valence-corrected chi connectivity index (χ4v) is 1.75. The van der Waals surface area contributed by atoms with Gasteiger partial charge >= 0.3 is 5.97 Å². The van der Waals surface area contributed by atoms with Crippen LogP contribution in [0.15, 0.2) is 0 Å². The van der Waals surface area contributed by atoms with E-state index in [0.717, 1.165) is 25.8 Å². The van der Waals surface area contributed by atoms with Gasteiger partial charge < -0.3 is 15.2 Å². The summed E-state index contributed by atoms with van der Waals surface area (Å²) in [7, 11) is 0. The summed E-state index contributed by atoms with van der Waals surface area (Å²) >= 11 is 0. The van der Waals surface area contributed by atoms with Crippen LogP contribution in [-0.4, -0.2) is 30.5 Å². The van der Waals surface area contributed by atoms with Gasteiger partial charge in [-0.3, -0.25) is 4.79 Å². The maximum Gasteiger partial charge on any atom is 0.303 e. The summed E-state index contributed by atoms with van der Waals surface area (Å²) in [5.41, 5.74) is 0. The molecule has 13 heavy (non-hydrogen) atoms. The first-order valence-electron chi connectivity index (χ1n) is 4.62. The predicted molar refractivity (Wildman–Crippen MR) is 47.4 cm³/mol. The first-order valence-corrected chi connectivity index (χ1v) is 4.62.